The molecule has 32 heavy (non-hydrogen) atoms. The first kappa shape index (κ1) is 21.5. The molecule has 1 aliphatic heterocycles. The van der Waals surface area contributed by atoms with Gasteiger partial charge in [-0.05, 0) is 37.8 Å². The molecule has 0 spiro atoms. The molecule has 8 nitrogen and oxygen atoms in total. The molecular weight excluding hydrogens is 404 g/mol. The molecule has 2 aromatic heterocycles. The number of aliphatic hydroxyl groups excluding tert-OH is 1. The Balaban J connectivity index is 1.99. The molecule has 1 saturated heterocycles. The first-order chi connectivity index (χ1) is 15.5. The predicted octanol–water partition coefficient (Wildman–Crippen LogP) is 3.25. The van der Waals surface area contributed by atoms with Crippen LogP contribution in [0.5, 0.6) is 0 Å². The first-order valence-corrected chi connectivity index (χ1v) is 10.7. The number of carbonyl (C=O) groups excluding carboxylic acids is 1. The van der Waals surface area contributed by atoms with Gasteiger partial charge >= 0.3 is 0 Å². The van der Waals surface area contributed by atoms with Crippen LogP contribution in [0.3, 0.4) is 0 Å². The Kier molecular flexibility index (Phi) is 6.19. The molecule has 1 amide bonds. The van der Waals surface area contributed by atoms with E-state index in [0.29, 0.717) is 48.6 Å². The van der Waals surface area contributed by atoms with Crippen LogP contribution >= 0.6 is 0 Å². The zero-order chi connectivity index (χ0) is 22.7. The molecule has 0 saturated carbocycles. The van der Waals surface area contributed by atoms with E-state index in [1.807, 2.05) is 35.8 Å². The fourth-order valence-corrected chi connectivity index (χ4v) is 4.18. The molecule has 164 valence electrons. The molecule has 1 fully saturated rings. The van der Waals surface area contributed by atoms with Gasteiger partial charge in [0, 0.05) is 37.5 Å². The summed E-state index contributed by atoms with van der Waals surface area (Å²) in [6.45, 7) is 11.5. The van der Waals surface area contributed by atoms with Gasteiger partial charge < -0.3 is 20.3 Å². The molecule has 3 aromatic rings. The molecule has 3 N–H and O–H groups in total. The van der Waals surface area contributed by atoms with Crippen molar-refractivity contribution in [2.75, 3.05) is 25.4 Å². The van der Waals surface area contributed by atoms with Crippen LogP contribution in [0.4, 0.5) is 5.82 Å². The lowest BCUT2D eigenvalue weighted by molar-refractivity contribution is -0.125. The number of rotatable bonds is 6. The molecule has 8 heteroatoms. The minimum Gasteiger partial charge on any atom is -0.396 e. The number of aliphatic hydroxyl groups is 1. The number of amides is 1. The normalized spacial score (nSPS) is 14.2. The SMILES string of the molecule is [C-]#[N+]/C(=C\c1c(-c2ccc(C)cc2)c2c(N)ncnc2n1CCCO)C(=O)N1CCCC1. The van der Waals surface area contributed by atoms with Gasteiger partial charge in [0.25, 0.3) is 11.6 Å². The second-order valence-corrected chi connectivity index (χ2v) is 7.95. The number of hydrogen-bond donors (Lipinski definition) is 2. The van der Waals surface area contributed by atoms with Gasteiger partial charge in [-0.15, -0.1) is 0 Å². The monoisotopic (exact) mass is 430 g/mol. The van der Waals surface area contributed by atoms with Gasteiger partial charge in [-0.2, -0.15) is 0 Å². The third-order valence-corrected chi connectivity index (χ3v) is 5.80. The quantitative estimate of drug-likeness (QED) is 0.462. The lowest BCUT2D eigenvalue weighted by Gasteiger charge is -2.15. The maximum atomic E-state index is 13.0. The highest BCUT2D eigenvalue weighted by Crippen LogP contribution is 2.38. The van der Waals surface area contributed by atoms with Crippen LogP contribution in [0, 0.1) is 13.5 Å². The number of carbonyl (C=O) groups is 1. The van der Waals surface area contributed by atoms with Crippen LogP contribution in [-0.4, -0.2) is 50.1 Å². The fraction of sp³-hybridized carbons (Fsp3) is 0.333. The third kappa shape index (κ3) is 3.95. The van der Waals surface area contributed by atoms with Gasteiger partial charge in [-0.3, -0.25) is 4.79 Å². The second kappa shape index (κ2) is 9.20. The number of hydrogen-bond acceptors (Lipinski definition) is 5. The number of benzene rings is 1. The maximum absolute atomic E-state index is 13.0. The second-order valence-electron chi connectivity index (χ2n) is 7.95. The number of nitrogen functional groups attached to an aromatic ring is 1. The van der Waals surface area contributed by atoms with E-state index < -0.39 is 0 Å². The average molecular weight is 431 g/mol. The maximum Gasteiger partial charge on any atom is 0.252 e. The van der Waals surface area contributed by atoms with Crippen LogP contribution in [-0.2, 0) is 11.3 Å². The number of aryl methyl sites for hydroxylation is 2. The lowest BCUT2D eigenvalue weighted by Crippen LogP contribution is -2.28. The molecule has 3 heterocycles. The van der Waals surface area contributed by atoms with Crippen molar-refractivity contribution in [3.63, 3.8) is 0 Å². The predicted molar refractivity (Wildman–Crippen MR) is 124 cm³/mol. The summed E-state index contributed by atoms with van der Waals surface area (Å²) >= 11 is 0. The van der Waals surface area contributed by atoms with Crippen molar-refractivity contribution in [2.24, 2.45) is 0 Å². The summed E-state index contributed by atoms with van der Waals surface area (Å²) in [4.78, 5) is 27.0. The third-order valence-electron chi connectivity index (χ3n) is 5.80. The molecular formula is C24H26N6O2. The van der Waals surface area contributed by atoms with Crippen LogP contribution in [0.2, 0.25) is 0 Å². The zero-order valence-electron chi connectivity index (χ0n) is 18.1. The van der Waals surface area contributed by atoms with Crippen LogP contribution in [0.1, 0.15) is 30.5 Å². The number of nitrogens with zero attached hydrogens (tertiary/aromatic N) is 5. The van der Waals surface area contributed by atoms with Crippen molar-refractivity contribution in [1.29, 1.82) is 0 Å². The van der Waals surface area contributed by atoms with E-state index in [-0.39, 0.29) is 18.2 Å². The van der Waals surface area contributed by atoms with Gasteiger partial charge in [0.2, 0.25) is 0 Å². The average Bonchev–Trinajstić information content (AvgIpc) is 3.44. The largest absolute Gasteiger partial charge is 0.396 e. The van der Waals surface area contributed by atoms with Crippen molar-refractivity contribution in [3.05, 3.63) is 59.0 Å². The molecule has 0 atom stereocenters. The van der Waals surface area contributed by atoms with Gasteiger partial charge in [0.1, 0.15) is 17.8 Å². The number of nitrogens with two attached hydrogens (primary N) is 1. The van der Waals surface area contributed by atoms with E-state index in [2.05, 4.69) is 14.8 Å². The standard InChI is InChI=1S/C24H26N6O2/c1-16-6-8-17(9-7-16)20-19(14-18(26-2)24(32)29-10-3-4-11-29)30(12-5-13-31)23-21(20)22(25)27-15-28-23/h6-9,14-15,31H,3-5,10-13H2,1H3,(H2,25,27,28)/b18-14-. The number of likely N-dealkylation sites (tertiary alicyclic amines) is 1. The number of fused-ring (bicyclic) bond motifs is 1. The van der Waals surface area contributed by atoms with Crippen molar-refractivity contribution < 1.29 is 9.90 Å². The summed E-state index contributed by atoms with van der Waals surface area (Å²) < 4.78 is 1.92. The Bertz CT molecular complexity index is 1210. The minimum atomic E-state index is -0.259. The van der Waals surface area contributed by atoms with E-state index in [1.54, 1.807) is 11.0 Å². The summed E-state index contributed by atoms with van der Waals surface area (Å²) in [5, 5.41) is 10.1. The molecule has 1 aliphatic rings. The van der Waals surface area contributed by atoms with Gasteiger partial charge in [-0.1, -0.05) is 29.8 Å². The Morgan fingerprint density at radius 3 is 2.62 bits per heavy atom. The molecule has 0 aliphatic carbocycles. The van der Waals surface area contributed by atoms with Crippen molar-refractivity contribution in [3.8, 4) is 11.1 Å². The topological polar surface area (TPSA) is 102 Å². The van der Waals surface area contributed by atoms with E-state index in [1.165, 1.54) is 6.33 Å². The highest BCUT2D eigenvalue weighted by atomic mass is 16.3. The highest BCUT2D eigenvalue weighted by Gasteiger charge is 2.25. The molecule has 1 aromatic carbocycles. The van der Waals surface area contributed by atoms with Crippen LogP contribution in [0.15, 0.2) is 36.3 Å². The Labute approximate surface area is 186 Å². The van der Waals surface area contributed by atoms with Crippen molar-refractivity contribution in [1.82, 2.24) is 19.4 Å². The summed E-state index contributed by atoms with van der Waals surface area (Å²) in [6, 6.07) is 7.99. The summed E-state index contributed by atoms with van der Waals surface area (Å²) in [7, 11) is 0. The summed E-state index contributed by atoms with van der Waals surface area (Å²) in [6.07, 6.45) is 5.45. The van der Waals surface area contributed by atoms with Crippen molar-refractivity contribution >= 4 is 28.8 Å². The van der Waals surface area contributed by atoms with E-state index in [9.17, 15) is 9.90 Å². The van der Waals surface area contributed by atoms with Gasteiger partial charge in [0.15, 0.2) is 0 Å². The zero-order valence-corrected chi connectivity index (χ0v) is 18.1. The molecule has 0 radical (unpaired) electrons. The van der Waals surface area contributed by atoms with Crippen molar-refractivity contribution in [2.45, 2.75) is 32.7 Å². The lowest BCUT2D eigenvalue weighted by atomic mass is 10.0. The van der Waals surface area contributed by atoms with Crippen LogP contribution in [0.25, 0.3) is 33.1 Å². The Morgan fingerprint density at radius 1 is 1.25 bits per heavy atom. The first-order valence-electron chi connectivity index (χ1n) is 10.7. The summed E-state index contributed by atoms with van der Waals surface area (Å²) in [5.41, 5.74) is 10.4. The molecule has 0 bridgehead atoms. The Hall–Kier alpha value is -3.70. The molecule has 0 unspecified atom stereocenters. The highest BCUT2D eigenvalue weighted by molar-refractivity contribution is 6.07. The van der Waals surface area contributed by atoms with Gasteiger partial charge in [0.05, 0.1) is 12.0 Å². The van der Waals surface area contributed by atoms with Gasteiger partial charge in [-0.25, -0.2) is 14.8 Å². The van der Waals surface area contributed by atoms with Crippen LogP contribution < -0.4 is 5.73 Å². The fourth-order valence-electron chi connectivity index (χ4n) is 4.18. The Morgan fingerprint density at radius 2 is 1.97 bits per heavy atom. The smallest absolute Gasteiger partial charge is 0.252 e. The van der Waals surface area contributed by atoms with E-state index in [0.717, 1.165) is 29.5 Å². The minimum absolute atomic E-state index is 0.00560. The summed E-state index contributed by atoms with van der Waals surface area (Å²) in [5.74, 6) is 0.0728. The van der Waals surface area contributed by atoms with E-state index in [4.69, 9.17) is 12.3 Å². The van der Waals surface area contributed by atoms with E-state index >= 15 is 0 Å². The number of aromatic nitrogens is 3. The number of anilines is 1. The molecule has 4 rings (SSSR count).